The van der Waals surface area contributed by atoms with Crippen molar-refractivity contribution >= 4 is 23.2 Å². The summed E-state index contributed by atoms with van der Waals surface area (Å²) in [6.45, 7) is 2.55. The first-order valence-electron chi connectivity index (χ1n) is 5.64. The van der Waals surface area contributed by atoms with Gasteiger partial charge in [0.15, 0.2) is 5.65 Å². The summed E-state index contributed by atoms with van der Waals surface area (Å²) >= 11 is 0. The predicted octanol–water partition coefficient (Wildman–Crippen LogP) is 0.00970. The summed E-state index contributed by atoms with van der Waals surface area (Å²) in [6.07, 6.45) is -0.0184. The van der Waals surface area contributed by atoms with Crippen LogP contribution in [0, 0.1) is 0 Å². The molecule has 0 saturated carbocycles. The fraction of sp³-hybridized carbons (Fsp3) is 0.500. The van der Waals surface area contributed by atoms with Crippen LogP contribution in [-0.2, 0) is 24.8 Å². The standard InChI is InChI=1S/C10H16N6O2/c1-3-6-7-8(15(2)14-6)16(9(11)13-7)4-5-18-10(12)17/h3-5H2,1-2H3,(H2,11,13)(H2,12,17). The summed E-state index contributed by atoms with van der Waals surface area (Å²) in [6, 6.07) is 0. The van der Waals surface area contributed by atoms with Gasteiger partial charge >= 0.3 is 6.09 Å². The number of carbonyl (C=O) groups is 1. The first-order valence-corrected chi connectivity index (χ1v) is 5.64. The van der Waals surface area contributed by atoms with Crippen molar-refractivity contribution < 1.29 is 9.53 Å². The van der Waals surface area contributed by atoms with E-state index in [2.05, 4.69) is 10.1 Å². The van der Waals surface area contributed by atoms with Crippen molar-refractivity contribution in [1.29, 1.82) is 0 Å². The Bertz CT molecular complexity index is 585. The predicted molar refractivity (Wildman–Crippen MR) is 65.8 cm³/mol. The van der Waals surface area contributed by atoms with Crippen LogP contribution in [0.5, 0.6) is 0 Å². The maximum absolute atomic E-state index is 10.5. The van der Waals surface area contributed by atoms with E-state index in [4.69, 9.17) is 16.2 Å². The van der Waals surface area contributed by atoms with Gasteiger partial charge in [-0.3, -0.25) is 9.25 Å². The Morgan fingerprint density at radius 1 is 1.50 bits per heavy atom. The smallest absolute Gasteiger partial charge is 0.404 e. The van der Waals surface area contributed by atoms with Gasteiger partial charge in [0.1, 0.15) is 12.1 Å². The van der Waals surface area contributed by atoms with Crippen LogP contribution in [0.1, 0.15) is 12.6 Å². The molecule has 0 aliphatic heterocycles. The van der Waals surface area contributed by atoms with E-state index in [1.165, 1.54) is 0 Å². The molecule has 0 aliphatic carbocycles. The number of fused-ring (bicyclic) bond motifs is 1. The fourth-order valence-electron chi connectivity index (χ4n) is 1.95. The van der Waals surface area contributed by atoms with E-state index in [9.17, 15) is 4.79 Å². The highest BCUT2D eigenvalue weighted by molar-refractivity contribution is 5.77. The molecule has 0 unspecified atom stereocenters. The van der Waals surface area contributed by atoms with E-state index in [0.717, 1.165) is 23.3 Å². The Labute approximate surface area is 104 Å². The number of nitrogens with two attached hydrogens (primary N) is 2. The quantitative estimate of drug-likeness (QED) is 0.795. The van der Waals surface area contributed by atoms with E-state index in [1.807, 2.05) is 14.0 Å². The maximum atomic E-state index is 10.5. The Hall–Kier alpha value is -2.25. The number of amides is 1. The molecule has 0 spiro atoms. The van der Waals surface area contributed by atoms with Gasteiger partial charge in [0, 0.05) is 7.05 Å². The van der Waals surface area contributed by atoms with Crippen LogP contribution in [0.4, 0.5) is 10.7 Å². The Kier molecular flexibility index (Phi) is 3.09. The van der Waals surface area contributed by atoms with Crippen LogP contribution in [0.25, 0.3) is 11.2 Å². The third kappa shape index (κ3) is 1.96. The van der Waals surface area contributed by atoms with Crippen LogP contribution < -0.4 is 11.5 Å². The average molecular weight is 252 g/mol. The van der Waals surface area contributed by atoms with Crippen molar-refractivity contribution in [2.45, 2.75) is 19.9 Å². The number of nitrogen functional groups attached to an aromatic ring is 1. The molecule has 0 saturated heterocycles. The second-order valence-electron chi connectivity index (χ2n) is 3.89. The summed E-state index contributed by atoms with van der Waals surface area (Å²) in [5.41, 5.74) is 13.3. The molecule has 2 aromatic heterocycles. The third-order valence-electron chi connectivity index (χ3n) is 2.72. The molecule has 98 valence electrons. The molecule has 18 heavy (non-hydrogen) atoms. The number of nitrogens with zero attached hydrogens (tertiary/aromatic N) is 4. The topological polar surface area (TPSA) is 114 Å². The zero-order chi connectivity index (χ0) is 13.3. The van der Waals surface area contributed by atoms with Gasteiger partial charge in [-0.05, 0) is 6.42 Å². The first kappa shape index (κ1) is 12.2. The van der Waals surface area contributed by atoms with E-state index in [-0.39, 0.29) is 6.61 Å². The number of imidazole rings is 1. The van der Waals surface area contributed by atoms with Crippen LogP contribution in [0.3, 0.4) is 0 Å². The Balaban J connectivity index is 2.34. The van der Waals surface area contributed by atoms with Gasteiger partial charge in [-0.2, -0.15) is 5.10 Å². The van der Waals surface area contributed by atoms with E-state index < -0.39 is 6.09 Å². The lowest BCUT2D eigenvalue weighted by atomic mass is 10.3. The molecule has 2 aromatic rings. The molecular formula is C10H16N6O2. The van der Waals surface area contributed by atoms with Crippen molar-refractivity contribution in [3.63, 3.8) is 0 Å². The molecule has 0 bridgehead atoms. The molecule has 0 radical (unpaired) electrons. The van der Waals surface area contributed by atoms with E-state index in [0.29, 0.717) is 12.5 Å². The maximum Gasteiger partial charge on any atom is 0.404 e. The number of aromatic nitrogens is 4. The minimum absolute atomic E-state index is 0.150. The van der Waals surface area contributed by atoms with Crippen LogP contribution in [-0.4, -0.2) is 32.0 Å². The van der Waals surface area contributed by atoms with Gasteiger partial charge in [0.25, 0.3) is 0 Å². The van der Waals surface area contributed by atoms with Gasteiger partial charge in [0.2, 0.25) is 5.95 Å². The van der Waals surface area contributed by atoms with Gasteiger partial charge in [-0.15, -0.1) is 0 Å². The molecule has 0 atom stereocenters. The van der Waals surface area contributed by atoms with Gasteiger partial charge in [-0.1, -0.05) is 6.92 Å². The molecule has 4 N–H and O–H groups in total. The molecule has 1 amide bonds. The third-order valence-corrected chi connectivity index (χ3v) is 2.72. The fourth-order valence-corrected chi connectivity index (χ4v) is 1.95. The Morgan fingerprint density at radius 3 is 2.83 bits per heavy atom. The molecular weight excluding hydrogens is 236 g/mol. The number of hydrogen-bond donors (Lipinski definition) is 2. The number of ether oxygens (including phenoxy) is 1. The van der Waals surface area contributed by atoms with Gasteiger partial charge < -0.3 is 16.2 Å². The molecule has 2 rings (SSSR count). The summed E-state index contributed by atoms with van der Waals surface area (Å²) in [5, 5.41) is 4.36. The zero-order valence-electron chi connectivity index (χ0n) is 10.4. The summed E-state index contributed by atoms with van der Waals surface area (Å²) in [7, 11) is 1.83. The summed E-state index contributed by atoms with van der Waals surface area (Å²) < 4.78 is 8.18. The van der Waals surface area contributed by atoms with Crippen LogP contribution in [0.2, 0.25) is 0 Å². The van der Waals surface area contributed by atoms with Crippen LogP contribution >= 0.6 is 0 Å². The summed E-state index contributed by atoms with van der Waals surface area (Å²) in [5.74, 6) is 0.376. The highest BCUT2D eigenvalue weighted by atomic mass is 16.5. The van der Waals surface area contributed by atoms with Crippen molar-refractivity contribution in [1.82, 2.24) is 19.3 Å². The van der Waals surface area contributed by atoms with Crippen molar-refractivity contribution in [2.75, 3.05) is 12.3 Å². The number of carbonyl (C=O) groups excluding carboxylic acids is 1. The highest BCUT2D eigenvalue weighted by Crippen LogP contribution is 2.20. The lowest BCUT2D eigenvalue weighted by Gasteiger charge is -2.06. The molecule has 0 aromatic carbocycles. The van der Waals surface area contributed by atoms with Gasteiger partial charge in [-0.25, -0.2) is 9.78 Å². The minimum atomic E-state index is -0.802. The number of rotatable bonds is 4. The highest BCUT2D eigenvalue weighted by Gasteiger charge is 2.16. The monoisotopic (exact) mass is 252 g/mol. The largest absolute Gasteiger partial charge is 0.448 e. The van der Waals surface area contributed by atoms with Crippen molar-refractivity contribution in [3.8, 4) is 0 Å². The number of primary amides is 1. The average Bonchev–Trinajstić information content (AvgIpc) is 2.77. The van der Waals surface area contributed by atoms with Crippen LogP contribution in [0.15, 0.2) is 0 Å². The minimum Gasteiger partial charge on any atom is -0.448 e. The number of aryl methyl sites for hydroxylation is 2. The second-order valence-corrected chi connectivity index (χ2v) is 3.89. The zero-order valence-corrected chi connectivity index (χ0v) is 10.4. The lowest BCUT2D eigenvalue weighted by molar-refractivity contribution is 0.153. The SMILES string of the molecule is CCc1nn(C)c2c1nc(N)n2CCOC(N)=O. The number of anilines is 1. The van der Waals surface area contributed by atoms with Crippen molar-refractivity contribution in [2.24, 2.45) is 12.8 Å². The molecule has 0 aliphatic rings. The van der Waals surface area contributed by atoms with Crippen molar-refractivity contribution in [3.05, 3.63) is 5.69 Å². The lowest BCUT2D eigenvalue weighted by Crippen LogP contribution is -2.18. The summed E-state index contributed by atoms with van der Waals surface area (Å²) in [4.78, 5) is 14.8. The molecule has 2 heterocycles. The second kappa shape index (κ2) is 4.55. The normalized spacial score (nSPS) is 11.0. The van der Waals surface area contributed by atoms with E-state index >= 15 is 0 Å². The first-order chi connectivity index (χ1) is 8.54. The molecule has 8 nitrogen and oxygen atoms in total. The molecule has 0 fully saturated rings. The molecule has 8 heteroatoms. The Morgan fingerprint density at radius 2 is 2.22 bits per heavy atom. The van der Waals surface area contributed by atoms with E-state index in [1.54, 1.807) is 9.25 Å². The van der Waals surface area contributed by atoms with Gasteiger partial charge in [0.05, 0.1) is 12.2 Å². The number of hydrogen-bond acceptors (Lipinski definition) is 5.